The van der Waals surface area contributed by atoms with Crippen LogP contribution in [0.25, 0.3) is 10.2 Å². The third-order valence-electron chi connectivity index (χ3n) is 4.16. The minimum atomic E-state index is -0.275. The number of benzene rings is 2. The largest absolute Gasteiger partial charge is 0.492 e. The fourth-order valence-corrected chi connectivity index (χ4v) is 3.76. The molecule has 0 N–H and O–H groups in total. The molecule has 3 aromatic rings. The number of thiazole rings is 1. The lowest BCUT2D eigenvalue weighted by atomic mass is 10.1. The zero-order chi connectivity index (χ0) is 18.7. The number of ether oxygens (including phenoxy) is 1. The van der Waals surface area contributed by atoms with Crippen molar-refractivity contribution in [2.24, 2.45) is 4.99 Å². The quantitative estimate of drug-likeness (QED) is 0.655. The van der Waals surface area contributed by atoms with Crippen LogP contribution in [0.1, 0.15) is 28.4 Å². The fourth-order valence-electron chi connectivity index (χ4n) is 2.72. The van der Waals surface area contributed by atoms with Gasteiger partial charge in [-0.05, 0) is 56.2 Å². The Labute approximate surface area is 156 Å². The Morgan fingerprint density at radius 3 is 2.77 bits per heavy atom. The summed E-state index contributed by atoms with van der Waals surface area (Å²) in [5.41, 5.74) is 3.66. The molecular weight excluding hydrogens is 344 g/mol. The van der Waals surface area contributed by atoms with Gasteiger partial charge >= 0.3 is 0 Å². The molecule has 0 spiro atoms. The molecule has 0 fully saturated rings. The van der Waals surface area contributed by atoms with Gasteiger partial charge in [-0.1, -0.05) is 29.4 Å². The van der Waals surface area contributed by atoms with Crippen molar-refractivity contribution in [3.05, 3.63) is 57.9 Å². The molecule has 26 heavy (non-hydrogen) atoms. The maximum Gasteiger partial charge on any atom is 0.279 e. The second-order valence-electron chi connectivity index (χ2n) is 5.93. The van der Waals surface area contributed by atoms with Gasteiger partial charge in [-0.2, -0.15) is 4.99 Å². The number of fused-ring (bicyclic) bond motifs is 1. The molecule has 0 aliphatic rings. The van der Waals surface area contributed by atoms with Gasteiger partial charge in [-0.25, -0.2) is 0 Å². The van der Waals surface area contributed by atoms with Gasteiger partial charge in [-0.3, -0.25) is 4.79 Å². The normalized spacial score (nSPS) is 11.5. The second-order valence-corrected chi connectivity index (χ2v) is 6.94. The van der Waals surface area contributed by atoms with Gasteiger partial charge in [0.1, 0.15) is 11.3 Å². The van der Waals surface area contributed by atoms with Gasteiger partial charge in [0.05, 0.1) is 17.9 Å². The van der Waals surface area contributed by atoms with Crippen molar-refractivity contribution < 1.29 is 9.53 Å². The molecule has 0 unspecified atom stereocenters. The van der Waals surface area contributed by atoms with Crippen molar-refractivity contribution >= 4 is 27.5 Å². The Kier molecular flexibility index (Phi) is 5.24. The van der Waals surface area contributed by atoms with Crippen LogP contribution >= 0.6 is 11.3 Å². The van der Waals surface area contributed by atoms with E-state index in [4.69, 9.17) is 11.2 Å². The summed E-state index contributed by atoms with van der Waals surface area (Å²) in [7, 11) is 0. The van der Waals surface area contributed by atoms with Crippen molar-refractivity contribution in [3.63, 3.8) is 0 Å². The lowest BCUT2D eigenvalue weighted by Crippen LogP contribution is -2.17. The summed E-state index contributed by atoms with van der Waals surface area (Å²) in [5, 5.41) is 0. The molecule has 0 radical (unpaired) electrons. The number of para-hydroxylation sites is 1. The summed E-state index contributed by atoms with van der Waals surface area (Å²) in [6.07, 6.45) is 5.55. The van der Waals surface area contributed by atoms with E-state index in [-0.39, 0.29) is 5.91 Å². The number of nitrogens with zero attached hydrogens (tertiary/aromatic N) is 2. The predicted octanol–water partition coefficient (Wildman–Crippen LogP) is 4.09. The number of aromatic nitrogens is 1. The smallest absolute Gasteiger partial charge is 0.279 e. The highest BCUT2D eigenvalue weighted by Gasteiger charge is 2.13. The van der Waals surface area contributed by atoms with Gasteiger partial charge in [0.25, 0.3) is 5.91 Å². The van der Waals surface area contributed by atoms with E-state index >= 15 is 0 Å². The van der Waals surface area contributed by atoms with E-state index in [1.807, 2.05) is 55.7 Å². The van der Waals surface area contributed by atoms with Crippen LogP contribution in [0, 0.1) is 26.2 Å². The van der Waals surface area contributed by atoms with Crippen molar-refractivity contribution in [1.82, 2.24) is 4.57 Å². The summed E-state index contributed by atoms with van der Waals surface area (Å²) in [4.78, 5) is 17.6. The Bertz CT molecular complexity index is 1080. The number of hydrogen-bond donors (Lipinski definition) is 0. The molecule has 1 aromatic heterocycles. The Balaban J connectivity index is 2.17. The van der Waals surface area contributed by atoms with E-state index in [9.17, 15) is 4.79 Å². The topological polar surface area (TPSA) is 43.6 Å². The first-order chi connectivity index (χ1) is 12.5. The van der Waals surface area contributed by atoms with Crippen LogP contribution in [0.5, 0.6) is 5.75 Å². The van der Waals surface area contributed by atoms with Crippen LogP contribution < -0.4 is 9.54 Å². The van der Waals surface area contributed by atoms with Crippen LogP contribution in [-0.2, 0) is 6.54 Å². The van der Waals surface area contributed by atoms with E-state index < -0.39 is 0 Å². The average molecular weight is 364 g/mol. The number of terminal acetylenes is 1. The molecule has 1 heterocycles. The average Bonchev–Trinajstić information content (AvgIpc) is 2.96. The summed E-state index contributed by atoms with van der Waals surface area (Å²) < 4.78 is 8.58. The summed E-state index contributed by atoms with van der Waals surface area (Å²) in [6, 6.07) is 11.4. The summed E-state index contributed by atoms with van der Waals surface area (Å²) in [5.74, 6) is 3.12. The highest BCUT2D eigenvalue weighted by molar-refractivity contribution is 7.16. The first-order valence-corrected chi connectivity index (χ1v) is 9.21. The molecule has 0 saturated heterocycles. The van der Waals surface area contributed by atoms with Gasteiger partial charge < -0.3 is 9.30 Å². The van der Waals surface area contributed by atoms with Crippen molar-refractivity contribution in [2.75, 3.05) is 6.61 Å². The van der Waals surface area contributed by atoms with E-state index in [1.165, 1.54) is 11.3 Å². The lowest BCUT2D eigenvalue weighted by Gasteiger charge is -2.07. The highest BCUT2D eigenvalue weighted by atomic mass is 32.1. The van der Waals surface area contributed by atoms with Crippen molar-refractivity contribution in [1.29, 1.82) is 0 Å². The molecule has 0 bridgehead atoms. The second kappa shape index (κ2) is 7.59. The Hall–Kier alpha value is -2.84. The van der Waals surface area contributed by atoms with Gasteiger partial charge in [0, 0.05) is 5.56 Å². The highest BCUT2D eigenvalue weighted by Crippen LogP contribution is 2.27. The van der Waals surface area contributed by atoms with Gasteiger partial charge in [0.15, 0.2) is 4.80 Å². The number of amides is 1. The Morgan fingerprint density at radius 1 is 1.27 bits per heavy atom. The molecule has 132 valence electrons. The van der Waals surface area contributed by atoms with E-state index in [0.717, 1.165) is 27.1 Å². The monoisotopic (exact) mass is 364 g/mol. The summed E-state index contributed by atoms with van der Waals surface area (Å²) >= 11 is 1.43. The number of carbonyl (C=O) groups excluding carboxylic acids is 1. The summed E-state index contributed by atoms with van der Waals surface area (Å²) in [6.45, 7) is 6.81. The number of rotatable bonds is 4. The van der Waals surface area contributed by atoms with Crippen LogP contribution in [0.4, 0.5) is 0 Å². The third kappa shape index (κ3) is 3.42. The first-order valence-electron chi connectivity index (χ1n) is 8.40. The minimum absolute atomic E-state index is 0.275. The number of hydrogen-bond acceptors (Lipinski definition) is 3. The van der Waals surface area contributed by atoms with Crippen LogP contribution in [-0.4, -0.2) is 17.1 Å². The zero-order valence-corrected chi connectivity index (χ0v) is 15.9. The van der Waals surface area contributed by atoms with E-state index in [1.54, 1.807) is 6.07 Å². The standard InChI is InChI=1S/C21H20N2O2S/c1-5-12-23-19-17(25-6-2)8-7-9-18(19)26-21(23)22-20(24)16-11-10-14(3)15(4)13-16/h1,7-11,13H,6,12H2,2-4H3. The fraction of sp³-hybridized carbons (Fsp3) is 0.238. The van der Waals surface area contributed by atoms with Gasteiger partial charge in [0.2, 0.25) is 0 Å². The number of aryl methyl sites for hydroxylation is 2. The third-order valence-corrected chi connectivity index (χ3v) is 5.21. The Morgan fingerprint density at radius 2 is 2.08 bits per heavy atom. The van der Waals surface area contributed by atoms with Crippen LogP contribution in [0.2, 0.25) is 0 Å². The molecular formula is C21H20N2O2S. The molecule has 0 saturated carbocycles. The maximum absolute atomic E-state index is 12.7. The van der Waals surface area contributed by atoms with E-state index in [2.05, 4.69) is 10.9 Å². The molecule has 4 nitrogen and oxygen atoms in total. The molecule has 0 atom stereocenters. The minimum Gasteiger partial charge on any atom is -0.492 e. The molecule has 5 heteroatoms. The van der Waals surface area contributed by atoms with E-state index in [0.29, 0.717) is 23.5 Å². The maximum atomic E-state index is 12.7. The number of carbonyl (C=O) groups is 1. The predicted molar refractivity (Wildman–Crippen MR) is 106 cm³/mol. The molecule has 1 amide bonds. The zero-order valence-electron chi connectivity index (χ0n) is 15.1. The lowest BCUT2D eigenvalue weighted by molar-refractivity contribution is 0.0998. The SMILES string of the molecule is C#CCn1c(=NC(=O)c2ccc(C)c(C)c2)sc2cccc(OCC)c21. The van der Waals surface area contributed by atoms with Crippen molar-refractivity contribution in [2.45, 2.75) is 27.3 Å². The van der Waals surface area contributed by atoms with Crippen LogP contribution in [0.15, 0.2) is 41.4 Å². The van der Waals surface area contributed by atoms with Gasteiger partial charge in [-0.15, -0.1) is 6.42 Å². The van der Waals surface area contributed by atoms with Crippen LogP contribution in [0.3, 0.4) is 0 Å². The van der Waals surface area contributed by atoms with Crippen molar-refractivity contribution in [3.8, 4) is 18.1 Å². The molecule has 0 aliphatic heterocycles. The molecule has 0 aliphatic carbocycles. The first kappa shape index (κ1) is 18.0. The molecule has 2 aromatic carbocycles. The molecule has 3 rings (SSSR count).